The lowest BCUT2D eigenvalue weighted by Crippen LogP contribution is -2.48. The third kappa shape index (κ3) is 1.47. The summed E-state index contributed by atoms with van der Waals surface area (Å²) in [5.74, 6) is 5.08. The number of halogens is 3. The summed E-state index contributed by atoms with van der Waals surface area (Å²) in [6, 6.07) is 0. The van der Waals surface area contributed by atoms with Crippen LogP contribution in [0.25, 0.3) is 0 Å². The highest BCUT2D eigenvalue weighted by molar-refractivity contribution is 4.94. The van der Waals surface area contributed by atoms with E-state index in [1.54, 1.807) is 0 Å². The molecule has 6 heteroatoms. The Hall–Kier alpha value is -0.330. The number of nitrogens with two attached hydrogens (primary N) is 1. The van der Waals surface area contributed by atoms with E-state index < -0.39 is 18.3 Å². The predicted octanol–water partition coefficient (Wildman–Crippen LogP) is -0.141. The molecule has 0 spiro atoms. The molecule has 0 radical (unpaired) electrons. The molecule has 0 aromatic carbocycles. The zero-order valence-corrected chi connectivity index (χ0v) is 5.73. The fourth-order valence-corrected chi connectivity index (χ4v) is 1.05. The van der Waals surface area contributed by atoms with Gasteiger partial charge in [0.05, 0.1) is 6.54 Å². The van der Waals surface area contributed by atoms with Gasteiger partial charge in [-0.3, -0.25) is 5.84 Å². The molecule has 3 nitrogen and oxygen atoms in total. The summed E-state index contributed by atoms with van der Waals surface area (Å²) in [6.45, 7) is -0.452. The van der Waals surface area contributed by atoms with E-state index in [0.717, 1.165) is 5.01 Å². The lowest BCUT2D eigenvalue weighted by atomic mass is 10.0. The molecule has 11 heavy (non-hydrogen) atoms. The Morgan fingerprint density at radius 3 is 2.18 bits per heavy atom. The first kappa shape index (κ1) is 8.76. The highest BCUT2D eigenvalue weighted by atomic mass is 19.4. The zero-order chi connectivity index (χ0) is 8.70. The first-order valence-corrected chi connectivity index (χ1v) is 3.14. The Kier molecular flexibility index (Phi) is 1.85. The SMILES string of the molecule is NN1CCC(O)(C(F)(F)F)C1. The van der Waals surface area contributed by atoms with E-state index in [1.807, 2.05) is 0 Å². The minimum atomic E-state index is -4.57. The maximum Gasteiger partial charge on any atom is 0.418 e. The molecule has 1 heterocycles. The minimum absolute atomic E-state index is 0.0794. The topological polar surface area (TPSA) is 49.5 Å². The zero-order valence-electron chi connectivity index (χ0n) is 5.73. The van der Waals surface area contributed by atoms with Crippen molar-refractivity contribution in [2.24, 2.45) is 5.84 Å². The van der Waals surface area contributed by atoms with Gasteiger partial charge in [-0.1, -0.05) is 0 Å². The maximum absolute atomic E-state index is 12.0. The van der Waals surface area contributed by atoms with Crippen LogP contribution in [0.4, 0.5) is 13.2 Å². The molecule has 1 rings (SSSR count). The lowest BCUT2D eigenvalue weighted by molar-refractivity contribution is -0.254. The molecule has 0 saturated carbocycles. The van der Waals surface area contributed by atoms with Crippen molar-refractivity contribution in [1.29, 1.82) is 0 Å². The van der Waals surface area contributed by atoms with Crippen LogP contribution in [0.5, 0.6) is 0 Å². The molecule has 3 N–H and O–H groups in total. The van der Waals surface area contributed by atoms with Gasteiger partial charge in [0.1, 0.15) is 0 Å². The molecule has 1 aliphatic rings. The fourth-order valence-electron chi connectivity index (χ4n) is 1.05. The van der Waals surface area contributed by atoms with E-state index in [9.17, 15) is 13.2 Å². The van der Waals surface area contributed by atoms with E-state index in [2.05, 4.69) is 0 Å². The second kappa shape index (κ2) is 2.33. The van der Waals surface area contributed by atoms with Crippen LogP contribution in [0.15, 0.2) is 0 Å². The molecular formula is C5H9F3N2O. The number of hydrazine groups is 1. The third-order valence-electron chi connectivity index (χ3n) is 1.80. The summed E-state index contributed by atoms with van der Waals surface area (Å²) in [5, 5.41) is 9.92. The van der Waals surface area contributed by atoms with Gasteiger partial charge in [0.15, 0.2) is 5.60 Å². The summed E-state index contributed by atoms with van der Waals surface area (Å²) in [7, 11) is 0. The maximum atomic E-state index is 12.0. The predicted molar refractivity (Wildman–Crippen MR) is 31.4 cm³/mol. The standard InChI is InChI=1S/C5H9F3N2O/c6-5(7,8)4(11)1-2-10(9)3-4/h11H,1-3,9H2. The number of rotatable bonds is 0. The van der Waals surface area contributed by atoms with Crippen molar-refractivity contribution >= 4 is 0 Å². The summed E-state index contributed by atoms with van der Waals surface area (Å²) < 4.78 is 36.0. The van der Waals surface area contributed by atoms with Gasteiger partial charge in [-0.2, -0.15) is 13.2 Å². The van der Waals surface area contributed by atoms with Gasteiger partial charge in [0.25, 0.3) is 0 Å². The quantitative estimate of drug-likeness (QED) is 0.497. The molecular weight excluding hydrogens is 161 g/mol. The van der Waals surface area contributed by atoms with Crippen molar-refractivity contribution in [2.45, 2.75) is 18.2 Å². The summed E-state index contributed by atoms with van der Waals surface area (Å²) >= 11 is 0. The smallest absolute Gasteiger partial charge is 0.379 e. The molecule has 0 aromatic heterocycles. The van der Waals surface area contributed by atoms with Gasteiger partial charge >= 0.3 is 6.18 Å². The van der Waals surface area contributed by atoms with E-state index in [0.29, 0.717) is 0 Å². The third-order valence-corrected chi connectivity index (χ3v) is 1.80. The van der Waals surface area contributed by atoms with Gasteiger partial charge in [-0.15, -0.1) is 0 Å². The summed E-state index contributed by atoms with van der Waals surface area (Å²) in [5.41, 5.74) is -2.60. The van der Waals surface area contributed by atoms with Crippen LogP contribution in [0, 0.1) is 0 Å². The van der Waals surface area contributed by atoms with Crippen molar-refractivity contribution in [3.8, 4) is 0 Å². The second-order valence-corrected chi connectivity index (χ2v) is 2.75. The largest absolute Gasteiger partial charge is 0.418 e. The molecule has 0 bridgehead atoms. The van der Waals surface area contributed by atoms with Gasteiger partial charge in [-0.05, 0) is 0 Å². The van der Waals surface area contributed by atoms with E-state index >= 15 is 0 Å². The van der Waals surface area contributed by atoms with Gasteiger partial charge < -0.3 is 5.11 Å². The number of β-amino-alcohol motifs (C(OH)–C–C–N with tert-alkyl or cyclic N) is 1. The van der Waals surface area contributed by atoms with Crippen molar-refractivity contribution in [3.63, 3.8) is 0 Å². The average molecular weight is 170 g/mol. The highest BCUT2D eigenvalue weighted by Crippen LogP contribution is 2.36. The van der Waals surface area contributed by atoms with Crippen LogP contribution >= 0.6 is 0 Å². The molecule has 1 saturated heterocycles. The molecule has 1 unspecified atom stereocenters. The van der Waals surface area contributed by atoms with Crippen molar-refractivity contribution in [1.82, 2.24) is 5.01 Å². The Morgan fingerprint density at radius 2 is 2.00 bits per heavy atom. The molecule has 66 valence electrons. The second-order valence-electron chi connectivity index (χ2n) is 2.75. The van der Waals surface area contributed by atoms with Crippen LogP contribution < -0.4 is 5.84 Å². The van der Waals surface area contributed by atoms with Gasteiger partial charge in [-0.25, -0.2) is 5.01 Å². The Balaban J connectivity index is 2.69. The monoisotopic (exact) mass is 170 g/mol. The number of alkyl halides is 3. The number of aliphatic hydroxyl groups is 1. The van der Waals surface area contributed by atoms with Crippen molar-refractivity contribution in [3.05, 3.63) is 0 Å². The molecule has 0 aliphatic carbocycles. The average Bonchev–Trinajstić information content (AvgIpc) is 2.10. The highest BCUT2D eigenvalue weighted by Gasteiger charge is 2.56. The van der Waals surface area contributed by atoms with E-state index in [4.69, 9.17) is 10.9 Å². The van der Waals surface area contributed by atoms with Crippen molar-refractivity contribution < 1.29 is 18.3 Å². The first-order chi connectivity index (χ1) is 4.85. The number of hydrogen-bond donors (Lipinski definition) is 2. The first-order valence-electron chi connectivity index (χ1n) is 3.14. The lowest BCUT2D eigenvalue weighted by Gasteiger charge is -2.24. The van der Waals surface area contributed by atoms with E-state index in [-0.39, 0.29) is 13.0 Å². The molecule has 0 amide bonds. The fraction of sp³-hybridized carbons (Fsp3) is 1.00. The summed E-state index contributed by atoms with van der Waals surface area (Å²) in [6.07, 6.45) is -4.91. The van der Waals surface area contributed by atoms with Crippen LogP contribution in [-0.2, 0) is 0 Å². The van der Waals surface area contributed by atoms with Crippen LogP contribution in [0.2, 0.25) is 0 Å². The molecule has 1 aliphatic heterocycles. The van der Waals surface area contributed by atoms with Gasteiger partial charge in [0.2, 0.25) is 0 Å². The van der Waals surface area contributed by atoms with Crippen LogP contribution in [0.1, 0.15) is 6.42 Å². The Morgan fingerprint density at radius 1 is 1.45 bits per heavy atom. The summed E-state index contributed by atoms with van der Waals surface area (Å²) in [4.78, 5) is 0. The minimum Gasteiger partial charge on any atom is -0.379 e. The molecule has 1 atom stereocenters. The molecule has 0 aromatic rings. The Bertz CT molecular complexity index is 160. The van der Waals surface area contributed by atoms with Crippen molar-refractivity contribution in [2.75, 3.05) is 13.1 Å². The van der Waals surface area contributed by atoms with Crippen LogP contribution in [-0.4, -0.2) is 35.0 Å². The normalized spacial score (nSPS) is 34.6. The van der Waals surface area contributed by atoms with E-state index in [1.165, 1.54) is 0 Å². The molecule has 1 fully saturated rings. The number of hydrogen-bond acceptors (Lipinski definition) is 3. The number of nitrogens with zero attached hydrogens (tertiary/aromatic N) is 1. The van der Waals surface area contributed by atoms with Crippen LogP contribution in [0.3, 0.4) is 0 Å². The Labute approximate surface area is 61.6 Å². The van der Waals surface area contributed by atoms with Gasteiger partial charge in [0, 0.05) is 13.0 Å².